The van der Waals surface area contributed by atoms with Gasteiger partial charge in [-0.3, -0.25) is 10.1 Å². The summed E-state index contributed by atoms with van der Waals surface area (Å²) >= 11 is 3.19. The quantitative estimate of drug-likeness (QED) is 0.859. The molecule has 0 spiro atoms. The second kappa shape index (κ2) is 4.44. The fourth-order valence-electron chi connectivity index (χ4n) is 1.09. The highest BCUT2D eigenvalue weighted by Gasteiger charge is 2.09. The summed E-state index contributed by atoms with van der Waals surface area (Å²) in [5.41, 5.74) is 1.16. The minimum absolute atomic E-state index is 0.186. The molecule has 1 N–H and O–H groups in total. The Morgan fingerprint density at radius 1 is 1.50 bits per heavy atom. The van der Waals surface area contributed by atoms with Gasteiger partial charge in [0.1, 0.15) is 10.9 Å². The monoisotopic (exact) mass is 281 g/mol. The number of nitrogens with one attached hydrogen (secondary N) is 1. The number of carbonyl (C=O) groups excluding carboxylic acids is 1. The van der Waals surface area contributed by atoms with E-state index in [0.717, 1.165) is 0 Å². The number of oxazole rings is 1. The van der Waals surface area contributed by atoms with Gasteiger partial charge in [0.2, 0.25) is 0 Å². The maximum atomic E-state index is 11.7. The Balaban J connectivity index is 2.11. The number of halogens is 1. The number of amides is 1. The van der Waals surface area contributed by atoms with Crippen molar-refractivity contribution >= 4 is 27.9 Å². The summed E-state index contributed by atoms with van der Waals surface area (Å²) in [6.45, 7) is 1.78. The minimum atomic E-state index is -0.304. The molecule has 0 unspecified atom stereocenters. The summed E-state index contributed by atoms with van der Waals surface area (Å²) < 4.78 is 5.68. The van der Waals surface area contributed by atoms with Crippen LogP contribution in [0.25, 0.3) is 0 Å². The molecule has 82 valence electrons. The van der Waals surface area contributed by atoms with E-state index < -0.39 is 0 Å². The van der Waals surface area contributed by atoms with Crippen LogP contribution < -0.4 is 5.32 Å². The van der Waals surface area contributed by atoms with Crippen LogP contribution >= 0.6 is 15.9 Å². The molecule has 0 aliphatic carbocycles. The topological polar surface area (TPSA) is 68.0 Å². The van der Waals surface area contributed by atoms with E-state index in [0.29, 0.717) is 15.9 Å². The summed E-state index contributed by atoms with van der Waals surface area (Å²) in [6.07, 6.45) is 2.94. The Morgan fingerprint density at radius 2 is 2.31 bits per heavy atom. The van der Waals surface area contributed by atoms with Crippen molar-refractivity contribution in [3.05, 3.63) is 40.5 Å². The first kappa shape index (κ1) is 10.8. The molecule has 0 bridgehead atoms. The fourth-order valence-corrected chi connectivity index (χ4v) is 1.33. The van der Waals surface area contributed by atoms with E-state index in [9.17, 15) is 4.79 Å². The smallest absolute Gasteiger partial charge is 0.301 e. The highest BCUT2D eigenvalue weighted by molar-refractivity contribution is 9.10. The van der Waals surface area contributed by atoms with Crippen molar-refractivity contribution < 1.29 is 9.21 Å². The second-order valence-electron chi connectivity index (χ2n) is 3.12. The standard InChI is InChI=1S/C10H8BrN3O2/c1-6-5-16-10(13-6)14-9(15)7-2-3-8(11)12-4-7/h2-5H,1H3,(H,13,14,15). The molecule has 0 saturated heterocycles. The maximum absolute atomic E-state index is 11.7. The molecule has 0 aliphatic heterocycles. The third kappa shape index (κ3) is 2.46. The lowest BCUT2D eigenvalue weighted by Gasteiger charge is -1.99. The molecule has 1 amide bonds. The third-order valence-corrected chi connectivity index (χ3v) is 2.30. The van der Waals surface area contributed by atoms with E-state index >= 15 is 0 Å². The molecule has 0 atom stereocenters. The second-order valence-corrected chi connectivity index (χ2v) is 3.93. The molecule has 2 rings (SSSR count). The fraction of sp³-hybridized carbons (Fsp3) is 0.100. The van der Waals surface area contributed by atoms with Crippen LogP contribution in [0.15, 0.2) is 33.6 Å². The van der Waals surface area contributed by atoms with Gasteiger partial charge in [-0.15, -0.1) is 0 Å². The van der Waals surface area contributed by atoms with Crippen molar-refractivity contribution in [2.75, 3.05) is 5.32 Å². The Labute approximate surface area is 100 Å². The Bertz CT molecular complexity index is 507. The normalized spacial score (nSPS) is 10.1. The zero-order valence-electron chi connectivity index (χ0n) is 8.40. The number of aryl methyl sites for hydroxylation is 1. The van der Waals surface area contributed by atoms with Crippen LogP contribution in [0.5, 0.6) is 0 Å². The van der Waals surface area contributed by atoms with Crippen LogP contribution in [0.3, 0.4) is 0 Å². The summed E-state index contributed by atoms with van der Waals surface area (Å²) in [5.74, 6) is -0.304. The van der Waals surface area contributed by atoms with E-state index in [1.54, 1.807) is 19.1 Å². The Morgan fingerprint density at radius 3 is 2.88 bits per heavy atom. The van der Waals surface area contributed by atoms with E-state index in [2.05, 4.69) is 31.2 Å². The first-order valence-corrected chi connectivity index (χ1v) is 5.29. The molecule has 2 heterocycles. The minimum Gasteiger partial charge on any atom is -0.432 e. The van der Waals surface area contributed by atoms with Gasteiger partial charge in [-0.1, -0.05) is 0 Å². The van der Waals surface area contributed by atoms with Gasteiger partial charge in [0.25, 0.3) is 5.91 Å². The number of carbonyl (C=O) groups is 1. The maximum Gasteiger partial charge on any atom is 0.301 e. The lowest BCUT2D eigenvalue weighted by atomic mass is 10.3. The van der Waals surface area contributed by atoms with Gasteiger partial charge in [-0.25, -0.2) is 4.98 Å². The molecule has 16 heavy (non-hydrogen) atoms. The molecule has 0 fully saturated rings. The van der Waals surface area contributed by atoms with E-state index in [1.807, 2.05) is 0 Å². The lowest BCUT2D eigenvalue weighted by Crippen LogP contribution is -2.12. The van der Waals surface area contributed by atoms with E-state index in [1.165, 1.54) is 12.5 Å². The number of nitrogens with zero attached hydrogens (tertiary/aromatic N) is 2. The SMILES string of the molecule is Cc1coc(NC(=O)c2ccc(Br)nc2)n1. The predicted octanol–water partition coefficient (Wildman–Crippen LogP) is 2.39. The third-order valence-electron chi connectivity index (χ3n) is 1.83. The highest BCUT2D eigenvalue weighted by Crippen LogP contribution is 2.10. The predicted molar refractivity (Wildman–Crippen MR) is 61.1 cm³/mol. The van der Waals surface area contributed by atoms with Crippen LogP contribution in [-0.4, -0.2) is 15.9 Å². The van der Waals surface area contributed by atoms with Gasteiger partial charge in [0.15, 0.2) is 0 Å². The molecular weight excluding hydrogens is 274 g/mol. The molecule has 6 heteroatoms. The first-order valence-electron chi connectivity index (χ1n) is 4.50. The Kier molecular flexibility index (Phi) is 3.00. The van der Waals surface area contributed by atoms with Crippen molar-refractivity contribution in [2.24, 2.45) is 0 Å². The number of rotatable bonds is 2. The average molecular weight is 282 g/mol. The summed E-state index contributed by atoms with van der Waals surface area (Å²) in [6, 6.07) is 3.53. The van der Waals surface area contributed by atoms with Crippen molar-refractivity contribution in [2.45, 2.75) is 6.92 Å². The van der Waals surface area contributed by atoms with E-state index in [-0.39, 0.29) is 11.9 Å². The number of hydrogen-bond donors (Lipinski definition) is 1. The van der Waals surface area contributed by atoms with E-state index in [4.69, 9.17) is 4.42 Å². The van der Waals surface area contributed by atoms with Gasteiger partial charge in [0.05, 0.1) is 11.3 Å². The molecule has 0 aromatic carbocycles. The van der Waals surface area contributed by atoms with Gasteiger partial charge < -0.3 is 4.42 Å². The molecule has 0 saturated carbocycles. The number of hydrogen-bond acceptors (Lipinski definition) is 4. The average Bonchev–Trinajstić information content (AvgIpc) is 2.65. The van der Waals surface area contributed by atoms with Crippen LogP contribution in [0.1, 0.15) is 16.1 Å². The van der Waals surface area contributed by atoms with Crippen molar-refractivity contribution in [1.82, 2.24) is 9.97 Å². The molecular formula is C10H8BrN3O2. The molecule has 0 aliphatic rings. The zero-order valence-corrected chi connectivity index (χ0v) is 9.98. The Hall–Kier alpha value is -1.69. The van der Waals surface area contributed by atoms with Gasteiger partial charge in [-0.05, 0) is 35.0 Å². The van der Waals surface area contributed by atoms with Gasteiger partial charge >= 0.3 is 6.01 Å². The summed E-state index contributed by atoms with van der Waals surface area (Å²) in [4.78, 5) is 19.6. The number of anilines is 1. The lowest BCUT2D eigenvalue weighted by molar-refractivity contribution is 0.102. The van der Waals surface area contributed by atoms with Crippen molar-refractivity contribution in [3.63, 3.8) is 0 Å². The molecule has 0 radical (unpaired) electrons. The zero-order chi connectivity index (χ0) is 11.5. The summed E-state index contributed by atoms with van der Waals surface area (Å²) in [7, 11) is 0. The molecule has 5 nitrogen and oxygen atoms in total. The van der Waals surface area contributed by atoms with Gasteiger partial charge in [-0.2, -0.15) is 4.98 Å². The van der Waals surface area contributed by atoms with Crippen LogP contribution in [0.2, 0.25) is 0 Å². The number of aromatic nitrogens is 2. The van der Waals surface area contributed by atoms with Crippen LogP contribution in [0, 0.1) is 6.92 Å². The number of pyridine rings is 1. The largest absolute Gasteiger partial charge is 0.432 e. The van der Waals surface area contributed by atoms with Crippen molar-refractivity contribution in [1.29, 1.82) is 0 Å². The van der Waals surface area contributed by atoms with Crippen LogP contribution in [0.4, 0.5) is 6.01 Å². The molecule has 2 aromatic heterocycles. The molecule has 2 aromatic rings. The van der Waals surface area contributed by atoms with Gasteiger partial charge in [0, 0.05) is 6.20 Å². The summed E-state index contributed by atoms with van der Waals surface area (Å²) in [5, 5.41) is 2.53. The van der Waals surface area contributed by atoms with Crippen molar-refractivity contribution in [3.8, 4) is 0 Å². The highest BCUT2D eigenvalue weighted by atomic mass is 79.9. The van der Waals surface area contributed by atoms with Crippen LogP contribution in [-0.2, 0) is 0 Å². The first-order chi connectivity index (χ1) is 7.65.